The summed E-state index contributed by atoms with van der Waals surface area (Å²) in [7, 11) is 0. The summed E-state index contributed by atoms with van der Waals surface area (Å²) in [6.07, 6.45) is 2.52. The fraction of sp³-hybridized carbons (Fsp3) is 0.429. The van der Waals surface area contributed by atoms with Gasteiger partial charge in [0.05, 0.1) is 17.6 Å². The molecule has 0 aliphatic rings. The maximum atomic E-state index is 5.57. The van der Waals surface area contributed by atoms with Crippen LogP contribution >= 0.6 is 0 Å². The Morgan fingerprint density at radius 1 is 1.60 bits per heavy atom. The zero-order valence-electron chi connectivity index (χ0n) is 6.26. The Balaban J connectivity index is 3.09. The van der Waals surface area contributed by atoms with Gasteiger partial charge in [0.2, 0.25) is 0 Å². The van der Waals surface area contributed by atoms with E-state index in [1.54, 1.807) is 6.20 Å². The summed E-state index contributed by atoms with van der Waals surface area (Å²) >= 11 is 0. The third kappa shape index (κ3) is 1.23. The molecule has 0 bridgehead atoms. The van der Waals surface area contributed by atoms with E-state index in [4.69, 9.17) is 5.73 Å². The molecule has 0 saturated heterocycles. The summed E-state index contributed by atoms with van der Waals surface area (Å²) < 4.78 is 0. The number of nitrogens with two attached hydrogens (primary N) is 1. The second-order valence-electron chi connectivity index (χ2n) is 2.17. The van der Waals surface area contributed by atoms with E-state index in [0.717, 1.165) is 17.9 Å². The van der Waals surface area contributed by atoms with Gasteiger partial charge in [-0.2, -0.15) is 0 Å². The molecular formula is C7H11N3. The summed E-state index contributed by atoms with van der Waals surface area (Å²) in [6.45, 7) is 3.89. The van der Waals surface area contributed by atoms with Gasteiger partial charge in [-0.15, -0.1) is 0 Å². The molecule has 1 aromatic rings. The summed E-state index contributed by atoms with van der Waals surface area (Å²) in [5.74, 6) is 0.783. The zero-order valence-corrected chi connectivity index (χ0v) is 6.26. The molecule has 54 valence electrons. The molecule has 1 aromatic heterocycles. The molecule has 1 rings (SSSR count). The average Bonchev–Trinajstić information content (AvgIpc) is 1.94. The summed E-state index contributed by atoms with van der Waals surface area (Å²) in [4.78, 5) is 8.11. The maximum absolute atomic E-state index is 5.57. The van der Waals surface area contributed by atoms with E-state index < -0.39 is 0 Å². The lowest BCUT2D eigenvalue weighted by Gasteiger charge is -2.00. The second-order valence-corrected chi connectivity index (χ2v) is 2.17. The molecule has 0 amide bonds. The van der Waals surface area contributed by atoms with Gasteiger partial charge in [-0.05, 0) is 13.3 Å². The normalized spacial score (nSPS) is 9.80. The maximum Gasteiger partial charge on any atom is 0.125 e. The largest absolute Gasteiger partial charge is 0.396 e. The number of aromatic nitrogens is 2. The molecule has 10 heavy (non-hydrogen) atoms. The van der Waals surface area contributed by atoms with Crippen LogP contribution in [0.4, 0.5) is 5.69 Å². The van der Waals surface area contributed by atoms with Gasteiger partial charge in [-0.3, -0.25) is 0 Å². The van der Waals surface area contributed by atoms with Crippen LogP contribution in [0.25, 0.3) is 0 Å². The Hall–Kier alpha value is -1.12. The lowest BCUT2D eigenvalue weighted by Crippen LogP contribution is -1.99. The van der Waals surface area contributed by atoms with Crippen molar-refractivity contribution in [3.8, 4) is 0 Å². The van der Waals surface area contributed by atoms with Crippen LogP contribution in [0.1, 0.15) is 18.4 Å². The van der Waals surface area contributed by atoms with Gasteiger partial charge in [0.25, 0.3) is 0 Å². The van der Waals surface area contributed by atoms with Crippen molar-refractivity contribution in [2.24, 2.45) is 0 Å². The Labute approximate surface area is 60.3 Å². The monoisotopic (exact) mass is 137 g/mol. The number of hydrogen-bond acceptors (Lipinski definition) is 3. The Kier molecular flexibility index (Phi) is 1.85. The van der Waals surface area contributed by atoms with Crippen LogP contribution in [0.15, 0.2) is 6.20 Å². The van der Waals surface area contributed by atoms with Crippen molar-refractivity contribution in [3.63, 3.8) is 0 Å². The minimum absolute atomic E-state index is 0.688. The van der Waals surface area contributed by atoms with Crippen LogP contribution in [0.2, 0.25) is 0 Å². The van der Waals surface area contributed by atoms with Gasteiger partial charge in [-0.1, -0.05) is 6.92 Å². The van der Waals surface area contributed by atoms with Crippen molar-refractivity contribution in [3.05, 3.63) is 17.7 Å². The van der Waals surface area contributed by atoms with E-state index in [1.807, 2.05) is 13.8 Å². The van der Waals surface area contributed by atoms with Gasteiger partial charge >= 0.3 is 0 Å². The van der Waals surface area contributed by atoms with E-state index in [2.05, 4.69) is 9.97 Å². The van der Waals surface area contributed by atoms with Crippen LogP contribution in [0.3, 0.4) is 0 Å². The second kappa shape index (κ2) is 2.64. The molecule has 0 fully saturated rings. The molecule has 0 unspecified atom stereocenters. The van der Waals surface area contributed by atoms with Crippen LogP contribution in [0.5, 0.6) is 0 Å². The molecule has 3 nitrogen and oxygen atoms in total. The number of aryl methyl sites for hydroxylation is 2. The third-order valence-electron chi connectivity index (χ3n) is 1.36. The highest BCUT2D eigenvalue weighted by molar-refractivity contribution is 5.39. The van der Waals surface area contributed by atoms with Gasteiger partial charge in [-0.25, -0.2) is 9.97 Å². The van der Waals surface area contributed by atoms with Crippen molar-refractivity contribution in [2.45, 2.75) is 20.3 Å². The standard InChI is InChI=1S/C7H11N3/c1-3-7-6(8)4-9-5(2)10-7/h4H,3,8H2,1-2H3. The highest BCUT2D eigenvalue weighted by atomic mass is 14.9. The first-order valence-electron chi connectivity index (χ1n) is 3.32. The van der Waals surface area contributed by atoms with Crippen LogP contribution in [-0.2, 0) is 6.42 Å². The minimum atomic E-state index is 0.688. The number of hydrogen-bond donors (Lipinski definition) is 1. The Morgan fingerprint density at radius 3 is 2.80 bits per heavy atom. The molecule has 1 heterocycles. The Morgan fingerprint density at radius 2 is 2.30 bits per heavy atom. The lowest BCUT2D eigenvalue weighted by molar-refractivity contribution is 0.955. The van der Waals surface area contributed by atoms with Crippen LogP contribution in [-0.4, -0.2) is 9.97 Å². The smallest absolute Gasteiger partial charge is 0.125 e. The lowest BCUT2D eigenvalue weighted by atomic mass is 10.3. The van der Waals surface area contributed by atoms with E-state index in [1.165, 1.54) is 0 Å². The molecular weight excluding hydrogens is 126 g/mol. The first-order chi connectivity index (χ1) is 4.74. The SMILES string of the molecule is CCc1nc(C)ncc1N. The third-order valence-corrected chi connectivity index (χ3v) is 1.36. The zero-order chi connectivity index (χ0) is 7.56. The van der Waals surface area contributed by atoms with Crippen molar-refractivity contribution >= 4 is 5.69 Å². The molecule has 0 aliphatic carbocycles. The molecule has 0 aliphatic heterocycles. The predicted molar refractivity (Wildman–Crippen MR) is 40.6 cm³/mol. The van der Waals surface area contributed by atoms with E-state index >= 15 is 0 Å². The molecule has 0 aromatic carbocycles. The summed E-state index contributed by atoms with van der Waals surface area (Å²) in [5, 5.41) is 0. The highest BCUT2D eigenvalue weighted by Gasteiger charge is 1.97. The van der Waals surface area contributed by atoms with Crippen molar-refractivity contribution < 1.29 is 0 Å². The molecule has 0 atom stereocenters. The topological polar surface area (TPSA) is 51.8 Å². The van der Waals surface area contributed by atoms with Crippen molar-refractivity contribution in [2.75, 3.05) is 5.73 Å². The fourth-order valence-corrected chi connectivity index (χ4v) is 0.809. The number of nitrogens with zero attached hydrogens (tertiary/aromatic N) is 2. The molecule has 0 spiro atoms. The van der Waals surface area contributed by atoms with E-state index in [-0.39, 0.29) is 0 Å². The minimum Gasteiger partial charge on any atom is -0.396 e. The fourth-order valence-electron chi connectivity index (χ4n) is 0.809. The van der Waals surface area contributed by atoms with Crippen molar-refractivity contribution in [1.82, 2.24) is 9.97 Å². The summed E-state index contributed by atoms with van der Waals surface area (Å²) in [5.41, 5.74) is 7.20. The van der Waals surface area contributed by atoms with Gasteiger partial charge in [0.15, 0.2) is 0 Å². The molecule has 0 radical (unpaired) electrons. The Bertz CT molecular complexity index is 232. The van der Waals surface area contributed by atoms with Crippen molar-refractivity contribution in [1.29, 1.82) is 0 Å². The van der Waals surface area contributed by atoms with Crippen LogP contribution < -0.4 is 5.73 Å². The van der Waals surface area contributed by atoms with E-state index in [0.29, 0.717) is 5.69 Å². The number of rotatable bonds is 1. The first-order valence-corrected chi connectivity index (χ1v) is 3.32. The number of nitrogen functional groups attached to an aromatic ring is 1. The quantitative estimate of drug-likeness (QED) is 0.626. The van der Waals surface area contributed by atoms with Gasteiger partial charge in [0.1, 0.15) is 5.82 Å². The van der Waals surface area contributed by atoms with Gasteiger partial charge < -0.3 is 5.73 Å². The summed E-state index contributed by atoms with van der Waals surface area (Å²) in [6, 6.07) is 0. The van der Waals surface area contributed by atoms with Gasteiger partial charge in [0, 0.05) is 0 Å². The van der Waals surface area contributed by atoms with E-state index in [9.17, 15) is 0 Å². The molecule has 2 N–H and O–H groups in total. The van der Waals surface area contributed by atoms with Crippen LogP contribution in [0, 0.1) is 6.92 Å². The highest BCUT2D eigenvalue weighted by Crippen LogP contribution is 2.06. The average molecular weight is 137 g/mol. The first kappa shape index (κ1) is 6.99. The molecule has 3 heteroatoms. The number of anilines is 1. The molecule has 0 saturated carbocycles. The predicted octanol–water partition coefficient (Wildman–Crippen LogP) is 0.930.